The highest BCUT2D eigenvalue weighted by atomic mass is 15.3. The number of nitrogens with one attached hydrogen (secondary N) is 1. The second kappa shape index (κ2) is 7.50. The molecule has 146 valence electrons. The minimum atomic E-state index is 0.0941. The van der Waals surface area contributed by atoms with Crippen LogP contribution in [0.5, 0.6) is 0 Å². The number of benzene rings is 2. The molecule has 1 saturated heterocycles. The Balaban J connectivity index is 1.44. The molecule has 0 radical (unpaired) electrons. The Hall–Kier alpha value is -3.48. The van der Waals surface area contributed by atoms with Crippen LogP contribution in [0.1, 0.15) is 31.4 Å². The van der Waals surface area contributed by atoms with Gasteiger partial charge in [-0.05, 0) is 49.6 Å². The van der Waals surface area contributed by atoms with E-state index in [1.54, 1.807) is 11.0 Å². The lowest BCUT2D eigenvalue weighted by Gasteiger charge is -2.23. The highest BCUT2D eigenvalue weighted by Crippen LogP contribution is 2.30. The Morgan fingerprint density at radius 3 is 2.34 bits per heavy atom. The lowest BCUT2D eigenvalue weighted by molar-refractivity contribution is 0.852. The average molecular weight is 385 g/mol. The first-order chi connectivity index (χ1) is 14.3. The molecule has 2 aromatic carbocycles. The average Bonchev–Trinajstić information content (AvgIpc) is 3.48. The Labute approximate surface area is 169 Å². The third kappa shape index (κ3) is 3.51. The van der Waals surface area contributed by atoms with Gasteiger partial charge in [0.05, 0.1) is 22.8 Å². The Bertz CT molecular complexity index is 1100. The first kappa shape index (κ1) is 17.6. The molecule has 1 N–H and O–H groups in total. The molecule has 5 rings (SSSR count). The van der Waals surface area contributed by atoms with Crippen molar-refractivity contribution in [3.63, 3.8) is 0 Å². The van der Waals surface area contributed by atoms with E-state index in [-0.39, 0.29) is 6.04 Å². The van der Waals surface area contributed by atoms with E-state index in [4.69, 9.17) is 9.97 Å². The van der Waals surface area contributed by atoms with Crippen molar-refractivity contribution in [1.29, 1.82) is 0 Å². The minimum absolute atomic E-state index is 0.0941. The molecule has 1 fully saturated rings. The van der Waals surface area contributed by atoms with E-state index in [2.05, 4.69) is 51.5 Å². The Morgan fingerprint density at radius 1 is 0.931 bits per heavy atom. The van der Waals surface area contributed by atoms with Crippen molar-refractivity contribution in [2.75, 3.05) is 23.3 Å². The molecule has 7 heteroatoms. The fourth-order valence-electron chi connectivity index (χ4n) is 3.78. The molecule has 0 saturated carbocycles. The molecule has 0 amide bonds. The van der Waals surface area contributed by atoms with E-state index in [0.717, 1.165) is 41.4 Å². The smallest absolute Gasteiger partial charge is 0.172 e. The van der Waals surface area contributed by atoms with Crippen LogP contribution < -0.4 is 10.2 Å². The number of rotatable bonds is 5. The van der Waals surface area contributed by atoms with Gasteiger partial charge in [-0.1, -0.05) is 24.3 Å². The van der Waals surface area contributed by atoms with Crippen molar-refractivity contribution < 1.29 is 0 Å². The lowest BCUT2D eigenvalue weighted by atomic mass is 10.1. The summed E-state index contributed by atoms with van der Waals surface area (Å²) >= 11 is 0. The summed E-state index contributed by atoms with van der Waals surface area (Å²) in [4.78, 5) is 16.2. The zero-order valence-electron chi connectivity index (χ0n) is 16.4. The highest BCUT2D eigenvalue weighted by molar-refractivity contribution is 5.80. The van der Waals surface area contributed by atoms with E-state index in [1.165, 1.54) is 24.7 Å². The van der Waals surface area contributed by atoms with Crippen molar-refractivity contribution >= 4 is 22.7 Å². The number of anilines is 2. The summed E-state index contributed by atoms with van der Waals surface area (Å²) in [5, 5.41) is 7.78. The van der Waals surface area contributed by atoms with Gasteiger partial charge in [0.15, 0.2) is 11.6 Å². The molecule has 1 aliphatic heterocycles. The number of nitrogens with zero attached hydrogens (tertiary/aromatic N) is 6. The van der Waals surface area contributed by atoms with Crippen LogP contribution in [-0.2, 0) is 0 Å². The second-order valence-electron chi connectivity index (χ2n) is 7.38. The number of hydrogen-bond donors (Lipinski definition) is 1. The highest BCUT2D eigenvalue weighted by Gasteiger charge is 2.20. The maximum atomic E-state index is 4.93. The molecule has 2 aromatic heterocycles. The first-order valence-corrected chi connectivity index (χ1v) is 10.0. The van der Waals surface area contributed by atoms with Crippen LogP contribution in [-0.4, -0.2) is 37.8 Å². The molecule has 1 aliphatic rings. The van der Waals surface area contributed by atoms with Crippen molar-refractivity contribution in [1.82, 2.24) is 24.7 Å². The largest absolute Gasteiger partial charge is 0.360 e. The van der Waals surface area contributed by atoms with Crippen LogP contribution in [0.15, 0.2) is 61.2 Å². The quantitative estimate of drug-likeness (QED) is 0.560. The summed E-state index contributed by atoms with van der Waals surface area (Å²) < 4.78 is 1.75. The van der Waals surface area contributed by atoms with Crippen LogP contribution in [0.4, 0.5) is 11.6 Å². The van der Waals surface area contributed by atoms with Crippen LogP contribution in [0.2, 0.25) is 0 Å². The molecule has 0 aliphatic carbocycles. The van der Waals surface area contributed by atoms with E-state index in [0.29, 0.717) is 0 Å². The van der Waals surface area contributed by atoms with Gasteiger partial charge in [-0.3, -0.25) is 0 Å². The van der Waals surface area contributed by atoms with Crippen molar-refractivity contribution in [2.24, 2.45) is 0 Å². The van der Waals surface area contributed by atoms with E-state index < -0.39 is 0 Å². The predicted molar refractivity (Wildman–Crippen MR) is 114 cm³/mol. The van der Waals surface area contributed by atoms with Gasteiger partial charge in [0.25, 0.3) is 0 Å². The van der Waals surface area contributed by atoms with E-state index >= 15 is 0 Å². The van der Waals surface area contributed by atoms with Crippen molar-refractivity contribution in [3.8, 4) is 5.69 Å². The van der Waals surface area contributed by atoms with Gasteiger partial charge in [0, 0.05) is 13.1 Å². The molecule has 1 atom stereocenters. The second-order valence-corrected chi connectivity index (χ2v) is 7.38. The molecule has 7 nitrogen and oxygen atoms in total. The van der Waals surface area contributed by atoms with Crippen molar-refractivity contribution in [2.45, 2.75) is 25.8 Å². The lowest BCUT2D eigenvalue weighted by Crippen LogP contribution is -2.22. The van der Waals surface area contributed by atoms with Crippen LogP contribution in [0.3, 0.4) is 0 Å². The minimum Gasteiger partial charge on any atom is -0.360 e. The van der Waals surface area contributed by atoms with E-state index in [9.17, 15) is 0 Å². The third-order valence-corrected chi connectivity index (χ3v) is 5.39. The van der Waals surface area contributed by atoms with Crippen LogP contribution >= 0.6 is 0 Å². The fraction of sp³-hybridized carbons (Fsp3) is 0.273. The maximum Gasteiger partial charge on any atom is 0.172 e. The number of para-hydroxylation sites is 2. The van der Waals surface area contributed by atoms with Crippen molar-refractivity contribution in [3.05, 3.63) is 66.7 Å². The summed E-state index contributed by atoms with van der Waals surface area (Å²) in [6.45, 7) is 4.21. The van der Waals surface area contributed by atoms with E-state index in [1.807, 2.05) is 24.3 Å². The molecule has 29 heavy (non-hydrogen) atoms. The van der Waals surface area contributed by atoms with Crippen LogP contribution in [0, 0.1) is 0 Å². The van der Waals surface area contributed by atoms with Gasteiger partial charge in [0.1, 0.15) is 12.7 Å². The van der Waals surface area contributed by atoms with Gasteiger partial charge in [0.2, 0.25) is 0 Å². The predicted octanol–water partition coefficient (Wildman–Crippen LogP) is 3.98. The number of aromatic nitrogens is 5. The molecule has 3 heterocycles. The summed E-state index contributed by atoms with van der Waals surface area (Å²) in [6, 6.07) is 16.5. The molecule has 0 unspecified atom stereocenters. The summed E-state index contributed by atoms with van der Waals surface area (Å²) in [6.07, 6.45) is 5.64. The summed E-state index contributed by atoms with van der Waals surface area (Å²) in [5.74, 6) is 1.80. The number of hydrogen-bond acceptors (Lipinski definition) is 6. The molecule has 4 aromatic rings. The van der Waals surface area contributed by atoms with Gasteiger partial charge < -0.3 is 10.2 Å². The van der Waals surface area contributed by atoms with Gasteiger partial charge in [-0.2, -0.15) is 5.10 Å². The monoisotopic (exact) mass is 385 g/mol. The van der Waals surface area contributed by atoms with Gasteiger partial charge in [-0.25, -0.2) is 19.6 Å². The van der Waals surface area contributed by atoms with Gasteiger partial charge >= 0.3 is 0 Å². The maximum absolute atomic E-state index is 4.93. The Morgan fingerprint density at radius 2 is 1.66 bits per heavy atom. The zero-order chi connectivity index (χ0) is 19.6. The third-order valence-electron chi connectivity index (χ3n) is 5.39. The number of fused-ring (bicyclic) bond motifs is 1. The summed E-state index contributed by atoms with van der Waals surface area (Å²) in [5.41, 5.74) is 4.01. The fourth-order valence-corrected chi connectivity index (χ4v) is 3.78. The topological polar surface area (TPSA) is 71.8 Å². The zero-order valence-corrected chi connectivity index (χ0v) is 16.4. The molecule has 0 bridgehead atoms. The normalized spacial score (nSPS) is 15.0. The standard InChI is InChI=1S/C22H23N7/c1-16(17-8-10-18(11-9-17)29-15-23-14-24-29)25-21-22(28-12-4-5-13-28)27-20-7-3-2-6-19(20)26-21/h2-3,6-11,14-16H,4-5,12-13H2,1H3,(H,25,26)/t16-/m0/s1. The van der Waals surface area contributed by atoms with Gasteiger partial charge in [-0.15, -0.1) is 0 Å². The molecular weight excluding hydrogens is 362 g/mol. The van der Waals surface area contributed by atoms with Crippen LogP contribution in [0.25, 0.3) is 16.7 Å². The first-order valence-electron chi connectivity index (χ1n) is 10.0. The molecule has 0 spiro atoms. The SMILES string of the molecule is C[C@H](Nc1nc2ccccc2nc1N1CCCC1)c1ccc(-n2cncn2)cc1. The molecular formula is C22H23N7. The summed E-state index contributed by atoms with van der Waals surface area (Å²) in [7, 11) is 0. The Kier molecular flexibility index (Phi) is 4.56.